The van der Waals surface area contributed by atoms with E-state index in [1.165, 1.54) is 10.5 Å². The molecule has 0 saturated heterocycles. The van der Waals surface area contributed by atoms with E-state index in [0.717, 1.165) is 12.2 Å². The fourth-order valence-electron chi connectivity index (χ4n) is 2.34. The summed E-state index contributed by atoms with van der Waals surface area (Å²) in [6.07, 6.45) is 1.03. The number of nitrogens with zero attached hydrogens (tertiary/aromatic N) is 1. The molecule has 1 aliphatic heterocycles. The highest BCUT2D eigenvalue weighted by atomic mass is 32.2. The van der Waals surface area contributed by atoms with Crippen molar-refractivity contribution in [2.75, 3.05) is 6.61 Å². The molecule has 21 heavy (non-hydrogen) atoms. The van der Waals surface area contributed by atoms with Crippen LogP contribution < -0.4 is 10.5 Å². The van der Waals surface area contributed by atoms with Gasteiger partial charge in [-0.25, -0.2) is 0 Å². The van der Waals surface area contributed by atoms with Crippen molar-refractivity contribution in [1.29, 1.82) is 0 Å². The van der Waals surface area contributed by atoms with Crippen molar-refractivity contribution in [3.05, 3.63) is 59.7 Å². The number of benzene rings is 2. The van der Waals surface area contributed by atoms with E-state index in [-0.39, 0.29) is 5.84 Å². The lowest BCUT2D eigenvalue weighted by Gasteiger charge is -2.11. The van der Waals surface area contributed by atoms with Gasteiger partial charge in [0.15, 0.2) is 5.84 Å². The molecule has 0 fully saturated rings. The van der Waals surface area contributed by atoms with Crippen LogP contribution in [0.25, 0.3) is 0 Å². The number of hydrogen-bond donors (Lipinski definition) is 2. The molecule has 5 heteroatoms. The molecule has 0 bridgehead atoms. The number of thioether (sulfide) groups is 1. The second-order valence-electron chi connectivity index (χ2n) is 4.88. The van der Waals surface area contributed by atoms with Crippen molar-refractivity contribution in [3.63, 3.8) is 0 Å². The first-order valence-electron chi connectivity index (χ1n) is 6.71. The lowest BCUT2D eigenvalue weighted by Crippen LogP contribution is -2.15. The highest BCUT2D eigenvalue weighted by molar-refractivity contribution is 8.00. The van der Waals surface area contributed by atoms with Crippen LogP contribution in [0.1, 0.15) is 11.1 Å². The van der Waals surface area contributed by atoms with Gasteiger partial charge in [-0.1, -0.05) is 35.5 Å². The number of amidine groups is 1. The Morgan fingerprint density at radius 2 is 2.14 bits per heavy atom. The molecular formula is C16H16N2O2S. The minimum absolute atomic E-state index is 0.0862. The van der Waals surface area contributed by atoms with Gasteiger partial charge >= 0.3 is 0 Å². The zero-order valence-electron chi connectivity index (χ0n) is 11.4. The molecule has 0 aromatic heterocycles. The number of rotatable bonds is 4. The summed E-state index contributed by atoms with van der Waals surface area (Å²) < 4.78 is 5.84. The molecule has 3 N–H and O–H groups in total. The number of oxime groups is 1. The fourth-order valence-corrected chi connectivity index (χ4v) is 3.56. The number of fused-ring (bicyclic) bond motifs is 1. The smallest absolute Gasteiger partial charge is 0.170 e. The number of ether oxygens (including phenoxy) is 1. The summed E-state index contributed by atoms with van der Waals surface area (Å²) in [7, 11) is 0. The average molecular weight is 300 g/mol. The third kappa shape index (κ3) is 3.13. The van der Waals surface area contributed by atoms with Gasteiger partial charge < -0.3 is 15.7 Å². The highest BCUT2D eigenvalue weighted by Crippen LogP contribution is 2.36. The Bertz CT molecular complexity index is 648. The zero-order valence-corrected chi connectivity index (χ0v) is 12.2. The van der Waals surface area contributed by atoms with E-state index in [2.05, 4.69) is 29.4 Å². The first kappa shape index (κ1) is 13.8. The quantitative estimate of drug-likeness (QED) is 0.394. The van der Waals surface area contributed by atoms with Gasteiger partial charge in [0.25, 0.3) is 0 Å². The minimum Gasteiger partial charge on any atom is -0.492 e. The lowest BCUT2D eigenvalue weighted by atomic mass is 10.1. The molecule has 1 atom stereocenters. The molecule has 0 amide bonds. The Balaban J connectivity index is 1.62. The third-order valence-corrected chi connectivity index (χ3v) is 4.68. The molecule has 0 aliphatic carbocycles. The number of nitrogens with two attached hydrogens (primary N) is 1. The van der Waals surface area contributed by atoms with Gasteiger partial charge in [-0.3, -0.25) is 0 Å². The maximum atomic E-state index is 8.70. The minimum atomic E-state index is 0.0862. The Morgan fingerprint density at radius 3 is 2.95 bits per heavy atom. The standard InChI is InChI=1S/C16H16N2O2S/c17-16(18-19)12-5-3-6-13(8-12)20-10-14-9-11-4-1-2-7-15(11)21-14/h1-8,14,19H,9-10H2,(H2,17,18). The van der Waals surface area contributed by atoms with Crippen LogP contribution in [-0.2, 0) is 6.42 Å². The van der Waals surface area contributed by atoms with Crippen molar-refractivity contribution in [2.24, 2.45) is 10.9 Å². The molecular weight excluding hydrogens is 284 g/mol. The van der Waals surface area contributed by atoms with E-state index in [1.807, 2.05) is 23.9 Å². The Kier molecular flexibility index (Phi) is 4.01. The normalized spacial score (nSPS) is 17.5. The van der Waals surface area contributed by atoms with E-state index in [0.29, 0.717) is 17.4 Å². The highest BCUT2D eigenvalue weighted by Gasteiger charge is 2.22. The van der Waals surface area contributed by atoms with Crippen LogP contribution in [0.2, 0.25) is 0 Å². The Morgan fingerprint density at radius 1 is 1.29 bits per heavy atom. The molecule has 1 unspecified atom stereocenters. The third-order valence-electron chi connectivity index (χ3n) is 3.39. The van der Waals surface area contributed by atoms with Crippen molar-refractivity contribution in [1.82, 2.24) is 0 Å². The van der Waals surface area contributed by atoms with Gasteiger partial charge in [0.1, 0.15) is 12.4 Å². The second-order valence-corrected chi connectivity index (χ2v) is 6.22. The van der Waals surface area contributed by atoms with Crippen molar-refractivity contribution in [2.45, 2.75) is 16.6 Å². The largest absolute Gasteiger partial charge is 0.492 e. The molecule has 108 valence electrons. The zero-order chi connectivity index (χ0) is 14.7. The topological polar surface area (TPSA) is 67.8 Å². The van der Waals surface area contributed by atoms with Crippen LogP contribution >= 0.6 is 11.8 Å². The van der Waals surface area contributed by atoms with Crippen LogP contribution in [-0.4, -0.2) is 22.9 Å². The summed E-state index contributed by atoms with van der Waals surface area (Å²) in [6.45, 7) is 0.638. The Labute approximate surface area is 127 Å². The molecule has 3 rings (SSSR count). The maximum Gasteiger partial charge on any atom is 0.170 e. The van der Waals surface area contributed by atoms with E-state index in [9.17, 15) is 0 Å². The second kappa shape index (κ2) is 6.10. The predicted octanol–water partition coefficient (Wildman–Crippen LogP) is 2.88. The first-order valence-corrected chi connectivity index (χ1v) is 7.59. The van der Waals surface area contributed by atoms with Crippen LogP contribution in [0.3, 0.4) is 0 Å². The summed E-state index contributed by atoms with van der Waals surface area (Å²) >= 11 is 1.86. The average Bonchev–Trinajstić information content (AvgIpc) is 2.95. The molecule has 0 radical (unpaired) electrons. The van der Waals surface area contributed by atoms with Gasteiger partial charge in [-0.2, -0.15) is 0 Å². The van der Waals surface area contributed by atoms with Gasteiger partial charge in [0.05, 0.1) is 0 Å². The molecule has 2 aromatic carbocycles. The number of hydrogen-bond acceptors (Lipinski definition) is 4. The van der Waals surface area contributed by atoms with Crippen LogP contribution in [0.5, 0.6) is 5.75 Å². The van der Waals surface area contributed by atoms with Gasteiger partial charge in [-0.15, -0.1) is 11.8 Å². The summed E-state index contributed by atoms with van der Waals surface area (Å²) in [6, 6.07) is 15.7. The van der Waals surface area contributed by atoms with E-state index >= 15 is 0 Å². The SMILES string of the molecule is NC(=NO)c1cccc(OCC2Cc3ccccc3S2)c1. The monoisotopic (exact) mass is 300 g/mol. The molecule has 2 aromatic rings. The molecule has 0 spiro atoms. The Hall–Kier alpha value is -2.14. The molecule has 1 heterocycles. The van der Waals surface area contributed by atoms with Crippen LogP contribution in [0, 0.1) is 0 Å². The fraction of sp³-hybridized carbons (Fsp3) is 0.188. The van der Waals surface area contributed by atoms with E-state index in [4.69, 9.17) is 15.7 Å². The van der Waals surface area contributed by atoms with Crippen molar-refractivity contribution < 1.29 is 9.94 Å². The van der Waals surface area contributed by atoms with Gasteiger partial charge in [-0.05, 0) is 30.2 Å². The predicted molar refractivity (Wildman–Crippen MR) is 84.2 cm³/mol. The summed E-state index contributed by atoms with van der Waals surface area (Å²) in [5.74, 6) is 0.818. The lowest BCUT2D eigenvalue weighted by molar-refractivity contribution is 0.316. The molecule has 0 saturated carbocycles. The van der Waals surface area contributed by atoms with Crippen molar-refractivity contribution in [3.8, 4) is 5.75 Å². The summed E-state index contributed by atoms with van der Waals surface area (Å²) in [5, 5.41) is 12.1. The van der Waals surface area contributed by atoms with Gasteiger partial charge in [0.2, 0.25) is 0 Å². The van der Waals surface area contributed by atoms with Crippen LogP contribution in [0.15, 0.2) is 58.6 Å². The maximum absolute atomic E-state index is 8.70. The summed E-state index contributed by atoms with van der Waals surface area (Å²) in [4.78, 5) is 1.34. The van der Waals surface area contributed by atoms with Gasteiger partial charge in [0, 0.05) is 15.7 Å². The summed E-state index contributed by atoms with van der Waals surface area (Å²) in [5.41, 5.74) is 7.62. The van der Waals surface area contributed by atoms with E-state index in [1.54, 1.807) is 12.1 Å². The first-order chi connectivity index (χ1) is 10.3. The van der Waals surface area contributed by atoms with Crippen LogP contribution in [0.4, 0.5) is 0 Å². The van der Waals surface area contributed by atoms with E-state index < -0.39 is 0 Å². The molecule has 4 nitrogen and oxygen atoms in total. The van der Waals surface area contributed by atoms with Crippen molar-refractivity contribution >= 4 is 17.6 Å². The molecule has 1 aliphatic rings.